The summed E-state index contributed by atoms with van der Waals surface area (Å²) in [5.41, 5.74) is 5.49. The molecule has 2 atom stereocenters. The number of ketones is 1. The average Bonchev–Trinajstić information content (AvgIpc) is 2.87. The van der Waals surface area contributed by atoms with Gasteiger partial charge in [-0.3, -0.25) is 4.79 Å². The van der Waals surface area contributed by atoms with Crippen molar-refractivity contribution in [3.05, 3.63) is 0 Å². The highest BCUT2D eigenvalue weighted by molar-refractivity contribution is 5.90. The van der Waals surface area contributed by atoms with Gasteiger partial charge < -0.3 is 15.2 Å². The third-order valence-corrected chi connectivity index (χ3v) is 5.17. The van der Waals surface area contributed by atoms with Gasteiger partial charge in [-0.15, -0.1) is 0 Å². The summed E-state index contributed by atoms with van der Waals surface area (Å²) in [6, 6.07) is 0. The predicted molar refractivity (Wildman–Crippen MR) is 71.9 cm³/mol. The van der Waals surface area contributed by atoms with Gasteiger partial charge in [0.25, 0.3) is 0 Å². The number of hydrogen-bond acceptors (Lipinski definition) is 4. The smallest absolute Gasteiger partial charge is 0.158 e. The molecule has 1 aliphatic carbocycles. The standard InChI is InChI=1S/C15H25NO3/c16-15(7-9-18-11-15)13(17)12-4-8-19-14(10-12)5-2-1-3-6-14/h12H,1-11,16H2. The summed E-state index contributed by atoms with van der Waals surface area (Å²) in [7, 11) is 0. The summed E-state index contributed by atoms with van der Waals surface area (Å²) in [5.74, 6) is 0.303. The van der Waals surface area contributed by atoms with Crippen LogP contribution in [0.15, 0.2) is 0 Å². The summed E-state index contributed by atoms with van der Waals surface area (Å²) in [4.78, 5) is 12.7. The molecular weight excluding hydrogens is 242 g/mol. The Hall–Kier alpha value is -0.450. The Kier molecular flexibility index (Phi) is 3.67. The van der Waals surface area contributed by atoms with Crippen molar-refractivity contribution >= 4 is 5.78 Å². The average molecular weight is 267 g/mol. The normalized spacial score (nSPS) is 38.5. The fraction of sp³-hybridized carbons (Fsp3) is 0.933. The van der Waals surface area contributed by atoms with Gasteiger partial charge in [-0.25, -0.2) is 0 Å². The third kappa shape index (κ3) is 2.58. The number of ether oxygens (including phenoxy) is 2. The molecule has 2 heterocycles. The van der Waals surface area contributed by atoms with Gasteiger partial charge >= 0.3 is 0 Å². The van der Waals surface area contributed by atoms with Crippen LogP contribution in [0.4, 0.5) is 0 Å². The molecular formula is C15H25NO3. The van der Waals surface area contributed by atoms with Crippen molar-refractivity contribution in [1.82, 2.24) is 0 Å². The molecule has 2 N–H and O–H groups in total. The second kappa shape index (κ2) is 5.15. The molecule has 0 aromatic heterocycles. The zero-order valence-electron chi connectivity index (χ0n) is 11.7. The number of hydrogen-bond donors (Lipinski definition) is 1. The summed E-state index contributed by atoms with van der Waals surface area (Å²) in [6.45, 7) is 1.74. The van der Waals surface area contributed by atoms with Gasteiger partial charge in [0, 0.05) is 19.1 Å². The number of carbonyl (C=O) groups is 1. The molecule has 4 heteroatoms. The topological polar surface area (TPSA) is 61.6 Å². The number of Topliss-reactive ketones (excluding diaryl/α,β-unsaturated/α-hetero) is 1. The highest BCUT2D eigenvalue weighted by Crippen LogP contribution is 2.42. The van der Waals surface area contributed by atoms with Crippen LogP contribution in [0.2, 0.25) is 0 Å². The first-order chi connectivity index (χ1) is 9.14. The predicted octanol–water partition coefficient (Wildman–Crippen LogP) is 1.80. The fourth-order valence-electron chi connectivity index (χ4n) is 3.98. The Balaban J connectivity index is 1.69. The van der Waals surface area contributed by atoms with Crippen LogP contribution in [0, 0.1) is 5.92 Å². The summed E-state index contributed by atoms with van der Waals surface area (Å²) < 4.78 is 11.4. The van der Waals surface area contributed by atoms with Gasteiger partial charge in [0.2, 0.25) is 0 Å². The Labute approximate surface area is 115 Å². The highest BCUT2D eigenvalue weighted by Gasteiger charge is 2.47. The maximum absolute atomic E-state index is 12.7. The van der Waals surface area contributed by atoms with E-state index in [4.69, 9.17) is 15.2 Å². The van der Waals surface area contributed by atoms with Crippen LogP contribution in [-0.2, 0) is 14.3 Å². The van der Waals surface area contributed by atoms with E-state index in [9.17, 15) is 4.79 Å². The number of nitrogens with two attached hydrogens (primary N) is 1. The lowest BCUT2D eigenvalue weighted by Crippen LogP contribution is -2.54. The van der Waals surface area contributed by atoms with E-state index in [0.717, 1.165) is 25.7 Å². The highest BCUT2D eigenvalue weighted by atomic mass is 16.5. The lowest BCUT2D eigenvalue weighted by atomic mass is 9.72. The van der Waals surface area contributed by atoms with Crippen molar-refractivity contribution < 1.29 is 14.3 Å². The Morgan fingerprint density at radius 3 is 2.58 bits per heavy atom. The van der Waals surface area contributed by atoms with E-state index in [-0.39, 0.29) is 17.3 Å². The van der Waals surface area contributed by atoms with Crippen LogP contribution in [-0.4, -0.2) is 36.7 Å². The van der Waals surface area contributed by atoms with Crippen molar-refractivity contribution in [3.8, 4) is 0 Å². The van der Waals surface area contributed by atoms with E-state index in [1.807, 2.05) is 0 Å². The first kappa shape index (κ1) is 13.5. The van der Waals surface area contributed by atoms with E-state index in [2.05, 4.69) is 0 Å². The molecule has 0 radical (unpaired) electrons. The molecule has 0 bridgehead atoms. The molecule has 0 aromatic carbocycles. The number of carbonyl (C=O) groups excluding carboxylic acids is 1. The van der Waals surface area contributed by atoms with Crippen molar-refractivity contribution in [1.29, 1.82) is 0 Å². The van der Waals surface area contributed by atoms with Crippen LogP contribution in [0.3, 0.4) is 0 Å². The summed E-state index contributed by atoms with van der Waals surface area (Å²) >= 11 is 0. The fourth-order valence-corrected chi connectivity index (χ4v) is 3.98. The van der Waals surface area contributed by atoms with Gasteiger partial charge in [0.15, 0.2) is 5.78 Å². The minimum absolute atomic E-state index is 0.0212. The molecule has 0 aromatic rings. The Morgan fingerprint density at radius 2 is 1.89 bits per heavy atom. The summed E-state index contributed by atoms with van der Waals surface area (Å²) in [5, 5.41) is 0. The molecule has 4 nitrogen and oxygen atoms in total. The van der Waals surface area contributed by atoms with Crippen LogP contribution >= 0.6 is 0 Å². The van der Waals surface area contributed by atoms with E-state index < -0.39 is 5.54 Å². The van der Waals surface area contributed by atoms with E-state index in [1.165, 1.54) is 19.3 Å². The SMILES string of the molecule is NC1(C(=O)C2CCOC3(CCCCC3)C2)CCOC1. The zero-order chi connectivity index (χ0) is 13.3. The largest absolute Gasteiger partial charge is 0.379 e. The van der Waals surface area contributed by atoms with Gasteiger partial charge in [-0.1, -0.05) is 19.3 Å². The molecule has 19 heavy (non-hydrogen) atoms. The van der Waals surface area contributed by atoms with Gasteiger partial charge in [0.05, 0.1) is 12.2 Å². The van der Waals surface area contributed by atoms with Crippen molar-refractivity contribution in [2.45, 2.75) is 62.5 Å². The van der Waals surface area contributed by atoms with E-state index in [0.29, 0.717) is 26.2 Å². The third-order valence-electron chi connectivity index (χ3n) is 5.17. The van der Waals surface area contributed by atoms with Crippen LogP contribution in [0.25, 0.3) is 0 Å². The van der Waals surface area contributed by atoms with Gasteiger partial charge in [0.1, 0.15) is 5.54 Å². The van der Waals surface area contributed by atoms with Crippen LogP contribution in [0.5, 0.6) is 0 Å². The van der Waals surface area contributed by atoms with Gasteiger partial charge in [-0.2, -0.15) is 0 Å². The first-order valence-corrected chi connectivity index (χ1v) is 7.69. The Bertz CT molecular complexity index is 338. The monoisotopic (exact) mass is 267 g/mol. The molecule has 1 saturated carbocycles. The molecule has 3 fully saturated rings. The molecule has 0 amide bonds. The lowest BCUT2D eigenvalue weighted by Gasteiger charge is -2.44. The minimum Gasteiger partial charge on any atom is -0.379 e. The van der Waals surface area contributed by atoms with Crippen molar-refractivity contribution in [2.24, 2.45) is 11.7 Å². The molecule has 108 valence electrons. The Morgan fingerprint density at radius 1 is 1.11 bits per heavy atom. The van der Waals surface area contributed by atoms with Crippen LogP contribution < -0.4 is 5.73 Å². The maximum Gasteiger partial charge on any atom is 0.158 e. The minimum atomic E-state index is -0.724. The quantitative estimate of drug-likeness (QED) is 0.828. The van der Waals surface area contributed by atoms with Crippen LogP contribution in [0.1, 0.15) is 51.4 Å². The second-order valence-electron chi connectivity index (χ2n) is 6.60. The molecule has 2 unspecified atom stereocenters. The molecule has 3 aliphatic rings. The van der Waals surface area contributed by atoms with Gasteiger partial charge in [-0.05, 0) is 32.1 Å². The molecule has 1 spiro atoms. The molecule has 2 aliphatic heterocycles. The molecule has 3 rings (SSSR count). The second-order valence-corrected chi connectivity index (χ2v) is 6.60. The lowest BCUT2D eigenvalue weighted by molar-refractivity contribution is -0.147. The zero-order valence-corrected chi connectivity index (χ0v) is 11.7. The maximum atomic E-state index is 12.7. The molecule has 2 saturated heterocycles. The van der Waals surface area contributed by atoms with E-state index >= 15 is 0 Å². The number of rotatable bonds is 2. The first-order valence-electron chi connectivity index (χ1n) is 7.69. The van der Waals surface area contributed by atoms with Crippen molar-refractivity contribution in [3.63, 3.8) is 0 Å². The summed E-state index contributed by atoms with van der Waals surface area (Å²) in [6.07, 6.45) is 8.39. The van der Waals surface area contributed by atoms with E-state index in [1.54, 1.807) is 0 Å². The van der Waals surface area contributed by atoms with Crippen molar-refractivity contribution in [2.75, 3.05) is 19.8 Å².